The fourth-order valence-corrected chi connectivity index (χ4v) is 0.894. The second-order valence-corrected chi connectivity index (χ2v) is 2.98. The van der Waals surface area contributed by atoms with Gasteiger partial charge in [-0.1, -0.05) is 26.2 Å². The van der Waals surface area contributed by atoms with Crippen LogP contribution in [0.4, 0.5) is 0 Å². The fourth-order valence-electron chi connectivity index (χ4n) is 0.894. The van der Waals surface area contributed by atoms with Crippen molar-refractivity contribution < 1.29 is 14.6 Å². The van der Waals surface area contributed by atoms with Crippen LogP contribution in [0.3, 0.4) is 0 Å². The van der Waals surface area contributed by atoms with Gasteiger partial charge in [0.2, 0.25) is 0 Å². The van der Waals surface area contributed by atoms with E-state index in [1.165, 1.54) is 0 Å². The molecule has 0 aliphatic carbocycles. The van der Waals surface area contributed by atoms with Crippen LogP contribution in [-0.4, -0.2) is 30.3 Å². The SMILES string of the molecule is CCCCCCOC(=O)C(O)CN. The van der Waals surface area contributed by atoms with E-state index in [2.05, 4.69) is 6.92 Å². The monoisotopic (exact) mass is 189 g/mol. The van der Waals surface area contributed by atoms with E-state index in [0.29, 0.717) is 6.61 Å². The largest absolute Gasteiger partial charge is 0.464 e. The first-order valence-electron chi connectivity index (χ1n) is 4.77. The summed E-state index contributed by atoms with van der Waals surface area (Å²) < 4.78 is 4.77. The van der Waals surface area contributed by atoms with Gasteiger partial charge in [0.15, 0.2) is 6.10 Å². The Morgan fingerprint density at radius 3 is 2.69 bits per heavy atom. The Hall–Kier alpha value is -0.610. The highest BCUT2D eigenvalue weighted by Gasteiger charge is 2.13. The Morgan fingerprint density at radius 1 is 1.46 bits per heavy atom. The average Bonchev–Trinajstić information content (AvgIpc) is 2.16. The zero-order valence-electron chi connectivity index (χ0n) is 8.16. The van der Waals surface area contributed by atoms with E-state index in [-0.39, 0.29) is 6.54 Å². The van der Waals surface area contributed by atoms with Crippen LogP contribution < -0.4 is 5.73 Å². The Bertz CT molecular complexity index is 139. The molecule has 0 heterocycles. The lowest BCUT2D eigenvalue weighted by Crippen LogP contribution is -2.31. The first kappa shape index (κ1) is 12.4. The summed E-state index contributed by atoms with van der Waals surface area (Å²) in [4.78, 5) is 10.9. The van der Waals surface area contributed by atoms with Gasteiger partial charge in [-0.3, -0.25) is 0 Å². The molecule has 4 nitrogen and oxygen atoms in total. The van der Waals surface area contributed by atoms with E-state index in [4.69, 9.17) is 15.6 Å². The normalized spacial score (nSPS) is 12.5. The van der Waals surface area contributed by atoms with Crippen molar-refractivity contribution in [3.05, 3.63) is 0 Å². The fraction of sp³-hybridized carbons (Fsp3) is 0.889. The first-order valence-corrected chi connectivity index (χ1v) is 4.77. The molecule has 1 unspecified atom stereocenters. The Labute approximate surface area is 79.1 Å². The number of nitrogens with two attached hydrogens (primary N) is 1. The maximum absolute atomic E-state index is 10.9. The predicted octanol–water partition coefficient (Wildman–Crippen LogP) is 0.430. The molecular weight excluding hydrogens is 170 g/mol. The number of esters is 1. The molecule has 0 spiro atoms. The van der Waals surface area contributed by atoms with Crippen LogP contribution in [0, 0.1) is 0 Å². The zero-order chi connectivity index (χ0) is 10.1. The summed E-state index contributed by atoms with van der Waals surface area (Å²) in [6, 6.07) is 0. The second-order valence-electron chi connectivity index (χ2n) is 2.98. The highest BCUT2D eigenvalue weighted by atomic mass is 16.5. The maximum atomic E-state index is 10.9. The number of hydrogen-bond acceptors (Lipinski definition) is 4. The van der Waals surface area contributed by atoms with E-state index in [9.17, 15) is 4.79 Å². The van der Waals surface area contributed by atoms with Gasteiger partial charge in [0.1, 0.15) is 0 Å². The van der Waals surface area contributed by atoms with Gasteiger partial charge in [0.05, 0.1) is 6.61 Å². The highest BCUT2D eigenvalue weighted by Crippen LogP contribution is 1.99. The van der Waals surface area contributed by atoms with Gasteiger partial charge in [-0.2, -0.15) is 0 Å². The third-order valence-corrected chi connectivity index (χ3v) is 1.74. The molecule has 0 radical (unpaired) electrons. The van der Waals surface area contributed by atoms with Gasteiger partial charge in [-0.15, -0.1) is 0 Å². The second kappa shape index (κ2) is 8.01. The standard InChI is InChI=1S/C9H19NO3/c1-2-3-4-5-6-13-9(12)8(11)7-10/h8,11H,2-7,10H2,1H3. The summed E-state index contributed by atoms with van der Waals surface area (Å²) in [6.07, 6.45) is 3.06. The number of ether oxygens (including phenoxy) is 1. The van der Waals surface area contributed by atoms with Crippen molar-refractivity contribution in [3.63, 3.8) is 0 Å². The highest BCUT2D eigenvalue weighted by molar-refractivity contribution is 5.74. The van der Waals surface area contributed by atoms with Crippen molar-refractivity contribution in [1.82, 2.24) is 0 Å². The molecule has 78 valence electrons. The smallest absolute Gasteiger partial charge is 0.336 e. The molecule has 0 aromatic carbocycles. The molecule has 0 aromatic rings. The van der Waals surface area contributed by atoms with Gasteiger partial charge in [0, 0.05) is 6.54 Å². The topological polar surface area (TPSA) is 72.5 Å². The molecule has 0 saturated heterocycles. The summed E-state index contributed by atoms with van der Waals surface area (Å²) in [6.45, 7) is 2.42. The third-order valence-electron chi connectivity index (χ3n) is 1.74. The van der Waals surface area contributed by atoms with Crippen LogP contribution in [-0.2, 0) is 9.53 Å². The van der Waals surface area contributed by atoms with E-state index in [0.717, 1.165) is 25.7 Å². The molecule has 0 fully saturated rings. The molecule has 1 atom stereocenters. The Morgan fingerprint density at radius 2 is 2.15 bits per heavy atom. The van der Waals surface area contributed by atoms with Crippen LogP contribution in [0.15, 0.2) is 0 Å². The molecule has 0 amide bonds. The summed E-state index contributed by atoms with van der Waals surface area (Å²) in [5.74, 6) is -0.612. The van der Waals surface area contributed by atoms with Gasteiger partial charge < -0.3 is 15.6 Å². The van der Waals surface area contributed by atoms with Crippen LogP contribution in [0.2, 0.25) is 0 Å². The number of hydrogen-bond donors (Lipinski definition) is 2. The summed E-state index contributed by atoms with van der Waals surface area (Å²) >= 11 is 0. The number of aliphatic hydroxyl groups is 1. The van der Waals surface area contributed by atoms with Crippen molar-refractivity contribution in [2.75, 3.05) is 13.2 Å². The zero-order valence-corrected chi connectivity index (χ0v) is 8.16. The minimum Gasteiger partial charge on any atom is -0.464 e. The molecule has 0 rings (SSSR count). The maximum Gasteiger partial charge on any atom is 0.336 e. The van der Waals surface area contributed by atoms with Crippen molar-refractivity contribution in [1.29, 1.82) is 0 Å². The summed E-state index contributed by atoms with van der Waals surface area (Å²) in [5, 5.41) is 8.93. The Balaban J connectivity index is 3.27. The Kier molecular flexibility index (Phi) is 7.63. The van der Waals surface area contributed by atoms with Crippen LogP contribution in [0.25, 0.3) is 0 Å². The van der Waals surface area contributed by atoms with Crippen LogP contribution >= 0.6 is 0 Å². The molecule has 13 heavy (non-hydrogen) atoms. The molecule has 0 aliphatic rings. The molecule has 0 saturated carbocycles. The molecular formula is C9H19NO3. The van der Waals surface area contributed by atoms with Crippen LogP contribution in [0.1, 0.15) is 32.6 Å². The van der Waals surface area contributed by atoms with E-state index >= 15 is 0 Å². The minimum atomic E-state index is -1.16. The quantitative estimate of drug-likeness (QED) is 0.450. The van der Waals surface area contributed by atoms with Crippen molar-refractivity contribution >= 4 is 5.97 Å². The molecule has 0 aromatic heterocycles. The molecule has 3 N–H and O–H groups in total. The lowest BCUT2D eigenvalue weighted by molar-refractivity contribution is -0.153. The van der Waals surface area contributed by atoms with E-state index in [1.807, 2.05) is 0 Å². The predicted molar refractivity (Wildman–Crippen MR) is 50.2 cm³/mol. The number of carbonyl (C=O) groups is 1. The van der Waals surface area contributed by atoms with E-state index in [1.54, 1.807) is 0 Å². The number of rotatable bonds is 7. The van der Waals surface area contributed by atoms with Crippen molar-refractivity contribution in [2.24, 2.45) is 5.73 Å². The number of unbranched alkanes of at least 4 members (excludes halogenated alkanes) is 3. The molecule has 0 aliphatic heterocycles. The van der Waals surface area contributed by atoms with E-state index < -0.39 is 12.1 Å². The average molecular weight is 189 g/mol. The third kappa shape index (κ3) is 6.54. The molecule has 0 bridgehead atoms. The summed E-state index contributed by atoms with van der Waals surface area (Å²) in [5.41, 5.74) is 5.07. The first-order chi connectivity index (χ1) is 6.22. The van der Waals surface area contributed by atoms with Crippen molar-refractivity contribution in [3.8, 4) is 0 Å². The number of carbonyl (C=O) groups excluding carboxylic acids is 1. The minimum absolute atomic E-state index is 0.0756. The van der Waals surface area contributed by atoms with Gasteiger partial charge >= 0.3 is 5.97 Å². The molecule has 4 heteroatoms. The summed E-state index contributed by atoms with van der Waals surface area (Å²) in [7, 11) is 0. The van der Waals surface area contributed by atoms with Crippen molar-refractivity contribution in [2.45, 2.75) is 38.7 Å². The van der Waals surface area contributed by atoms with Gasteiger partial charge in [-0.25, -0.2) is 4.79 Å². The van der Waals surface area contributed by atoms with Gasteiger partial charge in [-0.05, 0) is 6.42 Å². The van der Waals surface area contributed by atoms with Crippen LogP contribution in [0.5, 0.6) is 0 Å². The van der Waals surface area contributed by atoms with Gasteiger partial charge in [0.25, 0.3) is 0 Å². The number of aliphatic hydroxyl groups excluding tert-OH is 1. The lowest BCUT2D eigenvalue weighted by Gasteiger charge is -2.07. The lowest BCUT2D eigenvalue weighted by atomic mass is 10.2.